The van der Waals surface area contributed by atoms with Gasteiger partial charge in [-0.1, -0.05) is 24.3 Å². The third-order valence-electron chi connectivity index (χ3n) is 4.42. The molecule has 0 saturated heterocycles. The van der Waals surface area contributed by atoms with Crippen LogP contribution in [0, 0.1) is 6.92 Å². The number of benzene rings is 1. The van der Waals surface area contributed by atoms with Gasteiger partial charge in [-0.15, -0.1) is 0 Å². The molecule has 0 bridgehead atoms. The average Bonchev–Trinajstić information content (AvgIpc) is 2.96. The van der Waals surface area contributed by atoms with Crippen molar-refractivity contribution < 1.29 is 0 Å². The zero-order valence-electron chi connectivity index (χ0n) is 10.8. The van der Waals surface area contributed by atoms with Crippen LogP contribution in [0.5, 0.6) is 0 Å². The number of aromatic nitrogens is 1. The van der Waals surface area contributed by atoms with Crippen LogP contribution < -0.4 is 5.32 Å². The Morgan fingerprint density at radius 1 is 1.22 bits per heavy atom. The summed E-state index contributed by atoms with van der Waals surface area (Å²) >= 11 is 0. The van der Waals surface area contributed by atoms with Crippen molar-refractivity contribution in [1.29, 1.82) is 0 Å². The van der Waals surface area contributed by atoms with Crippen molar-refractivity contribution in [3.8, 4) is 0 Å². The van der Waals surface area contributed by atoms with E-state index in [4.69, 9.17) is 0 Å². The molecule has 0 unspecified atom stereocenters. The van der Waals surface area contributed by atoms with E-state index in [9.17, 15) is 0 Å². The summed E-state index contributed by atoms with van der Waals surface area (Å²) in [6, 6.07) is 6.80. The number of rotatable bonds is 1. The Morgan fingerprint density at radius 2 is 2.17 bits per heavy atom. The van der Waals surface area contributed by atoms with Crippen molar-refractivity contribution in [2.75, 3.05) is 13.1 Å². The van der Waals surface area contributed by atoms with E-state index in [0.717, 1.165) is 26.1 Å². The molecule has 1 aromatic heterocycles. The summed E-state index contributed by atoms with van der Waals surface area (Å²) in [5.41, 5.74) is 7.52. The van der Waals surface area contributed by atoms with Gasteiger partial charge in [0.2, 0.25) is 0 Å². The molecule has 4 rings (SSSR count). The lowest BCUT2D eigenvalue weighted by Gasteiger charge is -2.15. The number of hydrogen-bond acceptors (Lipinski definition) is 1. The van der Waals surface area contributed by atoms with Gasteiger partial charge in [0, 0.05) is 29.7 Å². The molecule has 0 aliphatic carbocycles. The van der Waals surface area contributed by atoms with Crippen molar-refractivity contribution in [2.45, 2.75) is 26.3 Å². The van der Waals surface area contributed by atoms with Gasteiger partial charge in [-0.3, -0.25) is 0 Å². The first-order valence-electron chi connectivity index (χ1n) is 6.87. The van der Waals surface area contributed by atoms with Crippen molar-refractivity contribution in [3.05, 3.63) is 41.1 Å². The van der Waals surface area contributed by atoms with Crippen LogP contribution in [0.25, 0.3) is 16.5 Å². The van der Waals surface area contributed by atoms with Gasteiger partial charge in [0.15, 0.2) is 0 Å². The minimum absolute atomic E-state index is 1.02. The van der Waals surface area contributed by atoms with Gasteiger partial charge in [-0.25, -0.2) is 0 Å². The van der Waals surface area contributed by atoms with Crippen LogP contribution in [-0.2, 0) is 13.0 Å². The first-order chi connectivity index (χ1) is 8.86. The van der Waals surface area contributed by atoms with Gasteiger partial charge < -0.3 is 9.88 Å². The Hall–Kier alpha value is -1.54. The lowest BCUT2D eigenvalue weighted by molar-refractivity contribution is 0.731. The van der Waals surface area contributed by atoms with Gasteiger partial charge >= 0.3 is 0 Å². The predicted octanol–water partition coefficient (Wildman–Crippen LogP) is 2.88. The van der Waals surface area contributed by atoms with E-state index in [1.54, 1.807) is 0 Å². The molecular weight excluding hydrogens is 220 g/mol. The highest BCUT2D eigenvalue weighted by Gasteiger charge is 2.22. The lowest BCUT2D eigenvalue weighted by atomic mass is 9.96. The van der Waals surface area contributed by atoms with Crippen LogP contribution in [-0.4, -0.2) is 17.7 Å². The van der Waals surface area contributed by atoms with Crippen LogP contribution >= 0.6 is 0 Å². The molecule has 2 aliphatic rings. The summed E-state index contributed by atoms with van der Waals surface area (Å²) in [6.07, 6.45) is 4.72. The van der Waals surface area contributed by atoms with Crippen LogP contribution in [0.3, 0.4) is 0 Å². The first kappa shape index (κ1) is 10.4. The minimum Gasteiger partial charge on any atom is -0.344 e. The smallest absolute Gasteiger partial charge is 0.0522 e. The lowest BCUT2D eigenvalue weighted by Crippen LogP contribution is -2.20. The van der Waals surface area contributed by atoms with Crippen LogP contribution in [0.4, 0.5) is 0 Å². The Bertz CT molecular complexity index is 661. The highest BCUT2D eigenvalue weighted by molar-refractivity contribution is 5.97. The molecule has 0 saturated carbocycles. The molecule has 1 N–H and O–H groups in total. The molecule has 0 radical (unpaired) electrons. The Morgan fingerprint density at radius 3 is 3.00 bits per heavy atom. The zero-order valence-corrected chi connectivity index (χ0v) is 10.8. The molecule has 18 heavy (non-hydrogen) atoms. The van der Waals surface area contributed by atoms with E-state index in [1.807, 2.05) is 0 Å². The second-order valence-corrected chi connectivity index (χ2v) is 5.36. The van der Waals surface area contributed by atoms with Gasteiger partial charge in [-0.05, 0) is 37.4 Å². The molecule has 2 nitrogen and oxygen atoms in total. The van der Waals surface area contributed by atoms with E-state index in [1.165, 1.54) is 39.7 Å². The molecule has 3 heterocycles. The topological polar surface area (TPSA) is 17.0 Å². The summed E-state index contributed by atoms with van der Waals surface area (Å²) in [7, 11) is 0. The third kappa shape index (κ3) is 1.27. The quantitative estimate of drug-likeness (QED) is 0.808. The van der Waals surface area contributed by atoms with E-state index in [2.05, 4.69) is 41.1 Å². The minimum atomic E-state index is 1.02. The van der Waals surface area contributed by atoms with Gasteiger partial charge in [0.05, 0.1) is 5.52 Å². The van der Waals surface area contributed by atoms with E-state index >= 15 is 0 Å². The second-order valence-electron chi connectivity index (χ2n) is 5.36. The molecule has 0 amide bonds. The van der Waals surface area contributed by atoms with Gasteiger partial charge in [-0.2, -0.15) is 0 Å². The standard InChI is InChI=1S/C16H18N2/c1-11-15(12-5-8-17-9-6-12)14-4-2-3-13-7-10-18(11)16(13)14/h2-5,17H,6-10H2,1H3. The van der Waals surface area contributed by atoms with Crippen molar-refractivity contribution in [3.63, 3.8) is 0 Å². The fourth-order valence-corrected chi connectivity index (χ4v) is 3.58. The third-order valence-corrected chi connectivity index (χ3v) is 4.42. The monoisotopic (exact) mass is 238 g/mol. The highest BCUT2D eigenvalue weighted by atomic mass is 15.0. The molecule has 0 spiro atoms. The number of nitrogens with one attached hydrogen (secondary N) is 1. The molecule has 2 aliphatic heterocycles. The molecule has 2 heteroatoms. The number of para-hydroxylation sites is 1. The van der Waals surface area contributed by atoms with E-state index < -0.39 is 0 Å². The average molecular weight is 238 g/mol. The molecule has 2 aromatic rings. The second kappa shape index (κ2) is 3.72. The fourth-order valence-electron chi connectivity index (χ4n) is 3.58. The number of hydrogen-bond donors (Lipinski definition) is 1. The molecule has 0 atom stereocenters. The highest BCUT2D eigenvalue weighted by Crippen LogP contribution is 2.37. The van der Waals surface area contributed by atoms with E-state index in [-0.39, 0.29) is 0 Å². The maximum Gasteiger partial charge on any atom is 0.0522 e. The maximum atomic E-state index is 3.40. The Balaban J connectivity index is 2.04. The number of nitrogens with zero attached hydrogens (tertiary/aromatic N) is 1. The summed E-state index contributed by atoms with van der Waals surface area (Å²) in [6.45, 7) is 5.57. The normalized spacial score (nSPS) is 18.4. The largest absolute Gasteiger partial charge is 0.344 e. The van der Waals surface area contributed by atoms with Crippen molar-refractivity contribution in [2.24, 2.45) is 0 Å². The Kier molecular flexibility index (Phi) is 2.15. The first-order valence-corrected chi connectivity index (χ1v) is 6.87. The van der Waals surface area contributed by atoms with Crippen LogP contribution in [0.2, 0.25) is 0 Å². The van der Waals surface area contributed by atoms with Crippen molar-refractivity contribution in [1.82, 2.24) is 9.88 Å². The predicted molar refractivity (Wildman–Crippen MR) is 75.8 cm³/mol. The van der Waals surface area contributed by atoms with E-state index in [0.29, 0.717) is 0 Å². The molecule has 1 aromatic carbocycles. The summed E-state index contributed by atoms with van der Waals surface area (Å²) in [4.78, 5) is 0. The molecular formula is C16H18N2. The SMILES string of the molecule is Cc1c(C2=CCNCC2)c2cccc3c2n1CC3. The molecule has 0 fully saturated rings. The zero-order chi connectivity index (χ0) is 12.1. The van der Waals surface area contributed by atoms with Gasteiger partial charge in [0.25, 0.3) is 0 Å². The maximum absolute atomic E-state index is 3.40. The van der Waals surface area contributed by atoms with Crippen LogP contribution in [0.1, 0.15) is 23.2 Å². The summed E-state index contributed by atoms with van der Waals surface area (Å²) in [5.74, 6) is 0. The Labute approximate surface area is 107 Å². The summed E-state index contributed by atoms with van der Waals surface area (Å²) < 4.78 is 2.52. The van der Waals surface area contributed by atoms with Crippen molar-refractivity contribution >= 4 is 16.5 Å². The van der Waals surface area contributed by atoms with Crippen LogP contribution in [0.15, 0.2) is 24.3 Å². The number of aryl methyl sites for hydroxylation is 2. The van der Waals surface area contributed by atoms with Gasteiger partial charge in [0.1, 0.15) is 0 Å². The fraction of sp³-hybridized carbons (Fsp3) is 0.375. The summed E-state index contributed by atoms with van der Waals surface area (Å²) in [5, 5.41) is 4.87. The molecule has 92 valence electrons.